The van der Waals surface area contributed by atoms with Crippen molar-refractivity contribution in [2.45, 2.75) is 45.2 Å². The van der Waals surface area contributed by atoms with Crippen molar-refractivity contribution in [1.29, 1.82) is 0 Å². The summed E-state index contributed by atoms with van der Waals surface area (Å²) in [6.45, 7) is 12.2. The summed E-state index contributed by atoms with van der Waals surface area (Å²) in [5.74, 6) is 2.66. The second-order valence-electron chi connectivity index (χ2n) is 5.90. The van der Waals surface area contributed by atoms with E-state index >= 15 is 0 Å². The van der Waals surface area contributed by atoms with Crippen LogP contribution in [-0.4, -0.2) is 72.7 Å². The molecule has 4 heteroatoms. The lowest BCUT2D eigenvalue weighted by molar-refractivity contribution is 0.108. The molecule has 1 N–H and O–H groups in total. The molecule has 2 rings (SSSR count). The lowest BCUT2D eigenvalue weighted by Gasteiger charge is -2.41. The van der Waals surface area contributed by atoms with Crippen molar-refractivity contribution in [3.05, 3.63) is 0 Å². The molecule has 2 atom stereocenters. The van der Waals surface area contributed by atoms with E-state index in [1.54, 1.807) is 0 Å². The zero-order chi connectivity index (χ0) is 13.5. The van der Waals surface area contributed by atoms with Crippen LogP contribution in [0.3, 0.4) is 0 Å². The minimum atomic E-state index is 0.727. The molecule has 0 amide bonds. The summed E-state index contributed by atoms with van der Waals surface area (Å²) in [5.41, 5.74) is 0. The molecular formula is C15H31N3S. The number of hydrogen-bond acceptors (Lipinski definition) is 4. The molecule has 19 heavy (non-hydrogen) atoms. The maximum atomic E-state index is 3.73. The molecule has 0 spiro atoms. The number of rotatable bonds is 6. The summed E-state index contributed by atoms with van der Waals surface area (Å²) >= 11 is 2.11. The van der Waals surface area contributed by atoms with Crippen molar-refractivity contribution in [2.75, 3.05) is 50.8 Å². The molecular weight excluding hydrogens is 254 g/mol. The molecule has 0 bridgehead atoms. The lowest BCUT2D eigenvalue weighted by Crippen LogP contribution is -2.57. The molecule has 2 heterocycles. The first-order chi connectivity index (χ1) is 9.33. The number of hydrogen-bond donors (Lipinski definition) is 1. The van der Waals surface area contributed by atoms with E-state index in [1.807, 2.05) is 0 Å². The Labute approximate surface area is 123 Å². The molecule has 0 aromatic heterocycles. The molecule has 0 radical (unpaired) electrons. The highest BCUT2D eigenvalue weighted by atomic mass is 32.2. The van der Waals surface area contributed by atoms with Gasteiger partial charge in [0.05, 0.1) is 0 Å². The highest BCUT2D eigenvalue weighted by Crippen LogP contribution is 2.14. The third kappa shape index (κ3) is 4.92. The predicted octanol–water partition coefficient (Wildman–Crippen LogP) is 1.89. The van der Waals surface area contributed by atoms with Crippen LogP contribution in [0.25, 0.3) is 0 Å². The van der Waals surface area contributed by atoms with Gasteiger partial charge in [-0.25, -0.2) is 0 Å². The van der Waals surface area contributed by atoms with E-state index in [9.17, 15) is 0 Å². The van der Waals surface area contributed by atoms with E-state index in [1.165, 1.54) is 70.0 Å². The summed E-state index contributed by atoms with van der Waals surface area (Å²) in [7, 11) is 0. The van der Waals surface area contributed by atoms with E-state index in [4.69, 9.17) is 0 Å². The van der Waals surface area contributed by atoms with Crippen molar-refractivity contribution >= 4 is 11.8 Å². The Morgan fingerprint density at radius 3 is 2.63 bits per heavy atom. The summed E-state index contributed by atoms with van der Waals surface area (Å²) in [4.78, 5) is 5.40. The van der Waals surface area contributed by atoms with Gasteiger partial charge in [-0.2, -0.15) is 11.8 Å². The fourth-order valence-electron chi connectivity index (χ4n) is 3.24. The zero-order valence-corrected chi connectivity index (χ0v) is 13.6. The van der Waals surface area contributed by atoms with Crippen LogP contribution in [0.15, 0.2) is 0 Å². The lowest BCUT2D eigenvalue weighted by atomic mass is 10.0. The topological polar surface area (TPSA) is 18.5 Å². The van der Waals surface area contributed by atoms with Gasteiger partial charge in [0, 0.05) is 62.9 Å². The van der Waals surface area contributed by atoms with Gasteiger partial charge in [-0.05, 0) is 12.8 Å². The largest absolute Gasteiger partial charge is 0.311 e. The van der Waals surface area contributed by atoms with Gasteiger partial charge in [-0.3, -0.25) is 4.90 Å². The van der Waals surface area contributed by atoms with Crippen LogP contribution in [0.4, 0.5) is 0 Å². The van der Waals surface area contributed by atoms with Crippen LogP contribution in [0, 0.1) is 0 Å². The quantitative estimate of drug-likeness (QED) is 0.803. The first-order valence-electron chi connectivity index (χ1n) is 8.11. The Hall–Kier alpha value is 0.230. The first-order valence-corrected chi connectivity index (χ1v) is 9.26. The van der Waals surface area contributed by atoms with Crippen molar-refractivity contribution in [3.63, 3.8) is 0 Å². The van der Waals surface area contributed by atoms with Gasteiger partial charge in [0.25, 0.3) is 0 Å². The van der Waals surface area contributed by atoms with Crippen LogP contribution in [0.1, 0.15) is 33.1 Å². The van der Waals surface area contributed by atoms with Crippen molar-refractivity contribution in [1.82, 2.24) is 15.1 Å². The third-order valence-electron chi connectivity index (χ3n) is 4.53. The molecule has 0 aromatic rings. The SMILES string of the molecule is CCCC1CN(CCN2CCSCC2)C(CC)CN1. The number of nitrogens with one attached hydrogen (secondary N) is 1. The second kappa shape index (κ2) is 8.50. The highest BCUT2D eigenvalue weighted by molar-refractivity contribution is 7.99. The molecule has 0 aliphatic carbocycles. The Bertz CT molecular complexity index is 244. The summed E-state index contributed by atoms with van der Waals surface area (Å²) in [6, 6.07) is 1.48. The molecule has 2 aliphatic heterocycles. The van der Waals surface area contributed by atoms with Crippen LogP contribution in [0.2, 0.25) is 0 Å². The molecule has 2 fully saturated rings. The Kier molecular flexibility index (Phi) is 6.99. The van der Waals surface area contributed by atoms with Gasteiger partial charge < -0.3 is 10.2 Å². The fourth-order valence-corrected chi connectivity index (χ4v) is 4.22. The average molecular weight is 286 g/mol. The Balaban J connectivity index is 1.76. The first kappa shape index (κ1) is 15.6. The number of thioether (sulfide) groups is 1. The molecule has 0 aromatic carbocycles. The molecule has 2 aliphatic rings. The summed E-state index contributed by atoms with van der Waals surface area (Å²) < 4.78 is 0. The van der Waals surface area contributed by atoms with E-state index in [-0.39, 0.29) is 0 Å². The van der Waals surface area contributed by atoms with E-state index < -0.39 is 0 Å². The van der Waals surface area contributed by atoms with Gasteiger partial charge in [0.1, 0.15) is 0 Å². The van der Waals surface area contributed by atoms with Gasteiger partial charge in [0.2, 0.25) is 0 Å². The summed E-state index contributed by atoms with van der Waals surface area (Å²) in [6.07, 6.45) is 3.90. The maximum absolute atomic E-state index is 3.73. The predicted molar refractivity (Wildman–Crippen MR) is 86.1 cm³/mol. The molecule has 0 saturated carbocycles. The van der Waals surface area contributed by atoms with Crippen LogP contribution in [-0.2, 0) is 0 Å². The van der Waals surface area contributed by atoms with Gasteiger partial charge in [-0.15, -0.1) is 0 Å². The average Bonchev–Trinajstić information content (AvgIpc) is 2.47. The number of piperazine rings is 1. The van der Waals surface area contributed by atoms with Crippen LogP contribution in [0.5, 0.6) is 0 Å². The normalized spacial score (nSPS) is 30.6. The monoisotopic (exact) mass is 285 g/mol. The highest BCUT2D eigenvalue weighted by Gasteiger charge is 2.26. The van der Waals surface area contributed by atoms with Gasteiger partial charge in [0.15, 0.2) is 0 Å². The smallest absolute Gasteiger partial charge is 0.0219 e. The van der Waals surface area contributed by atoms with Gasteiger partial charge >= 0.3 is 0 Å². The standard InChI is InChI=1S/C15H31N3S/c1-3-5-14-13-18(15(4-2)12-16-14)7-6-17-8-10-19-11-9-17/h14-16H,3-13H2,1-2H3. The maximum Gasteiger partial charge on any atom is 0.0219 e. The molecule has 112 valence electrons. The molecule has 3 nitrogen and oxygen atoms in total. The minimum absolute atomic E-state index is 0.727. The van der Waals surface area contributed by atoms with Gasteiger partial charge in [-0.1, -0.05) is 20.3 Å². The van der Waals surface area contributed by atoms with E-state index in [2.05, 4.69) is 40.7 Å². The fraction of sp³-hybridized carbons (Fsp3) is 1.00. The van der Waals surface area contributed by atoms with E-state index in [0.29, 0.717) is 0 Å². The zero-order valence-electron chi connectivity index (χ0n) is 12.7. The van der Waals surface area contributed by atoms with Crippen LogP contribution >= 0.6 is 11.8 Å². The second-order valence-corrected chi connectivity index (χ2v) is 7.13. The van der Waals surface area contributed by atoms with Crippen molar-refractivity contribution in [2.24, 2.45) is 0 Å². The molecule has 2 unspecified atom stereocenters. The van der Waals surface area contributed by atoms with Crippen molar-refractivity contribution < 1.29 is 0 Å². The van der Waals surface area contributed by atoms with E-state index in [0.717, 1.165) is 12.1 Å². The summed E-state index contributed by atoms with van der Waals surface area (Å²) in [5, 5.41) is 3.73. The number of nitrogens with zero attached hydrogens (tertiary/aromatic N) is 2. The minimum Gasteiger partial charge on any atom is -0.311 e. The Morgan fingerprint density at radius 1 is 1.16 bits per heavy atom. The molecule has 2 saturated heterocycles. The Morgan fingerprint density at radius 2 is 1.95 bits per heavy atom. The van der Waals surface area contributed by atoms with Crippen LogP contribution < -0.4 is 5.32 Å². The third-order valence-corrected chi connectivity index (χ3v) is 5.47. The van der Waals surface area contributed by atoms with Crippen molar-refractivity contribution in [3.8, 4) is 0 Å².